The van der Waals surface area contributed by atoms with Crippen LogP contribution in [-0.2, 0) is 0 Å². The minimum atomic E-state index is -0.380. The highest BCUT2D eigenvalue weighted by molar-refractivity contribution is 9.10. The maximum absolute atomic E-state index is 13.1. The Kier molecular flexibility index (Phi) is 5.68. The third-order valence-electron chi connectivity index (χ3n) is 3.53. The van der Waals surface area contributed by atoms with E-state index in [0.717, 1.165) is 10.9 Å². The van der Waals surface area contributed by atoms with Crippen molar-refractivity contribution in [2.75, 3.05) is 11.9 Å². The molecule has 0 atom stereocenters. The van der Waals surface area contributed by atoms with E-state index in [0.29, 0.717) is 23.7 Å². The van der Waals surface area contributed by atoms with Crippen LogP contribution in [0.4, 0.5) is 10.1 Å². The average Bonchev–Trinajstić information content (AvgIpc) is 3.05. The van der Waals surface area contributed by atoms with Gasteiger partial charge in [0.1, 0.15) is 5.82 Å². The largest absolute Gasteiger partial charge is 0.489 e. The molecule has 3 aromatic rings. The van der Waals surface area contributed by atoms with Gasteiger partial charge in [-0.05, 0) is 48.9 Å². The zero-order valence-electron chi connectivity index (χ0n) is 14.1. The van der Waals surface area contributed by atoms with Gasteiger partial charge >= 0.3 is 0 Å². The molecule has 1 aromatic heterocycles. The van der Waals surface area contributed by atoms with Gasteiger partial charge in [-0.25, -0.2) is 9.07 Å². The summed E-state index contributed by atoms with van der Waals surface area (Å²) < 4.78 is 21.2. The van der Waals surface area contributed by atoms with Crippen LogP contribution in [0.1, 0.15) is 23.8 Å². The number of hydrogen-bond acceptors (Lipinski definition) is 3. The quantitative estimate of drug-likeness (QED) is 0.625. The Bertz CT molecular complexity index is 909. The fraction of sp³-hybridized carbons (Fsp3) is 0.158. The zero-order valence-corrected chi connectivity index (χ0v) is 15.7. The van der Waals surface area contributed by atoms with Crippen LogP contribution >= 0.6 is 15.9 Å². The number of amides is 1. The first-order chi connectivity index (χ1) is 12.6. The SMILES string of the molecule is CCCOc1cn(-c2ccc(F)cc2)nc1C(=O)Nc1cccc(Br)c1. The van der Waals surface area contributed by atoms with Crippen LogP contribution < -0.4 is 10.1 Å². The van der Waals surface area contributed by atoms with Crippen molar-refractivity contribution in [3.8, 4) is 11.4 Å². The molecule has 0 unspecified atom stereocenters. The summed E-state index contributed by atoms with van der Waals surface area (Å²) in [4.78, 5) is 12.7. The summed E-state index contributed by atoms with van der Waals surface area (Å²) in [6, 6.07) is 13.1. The van der Waals surface area contributed by atoms with Crippen LogP contribution in [0.2, 0.25) is 0 Å². The van der Waals surface area contributed by atoms with Crippen molar-refractivity contribution in [2.24, 2.45) is 0 Å². The van der Waals surface area contributed by atoms with Gasteiger partial charge in [-0.3, -0.25) is 4.79 Å². The summed E-state index contributed by atoms with van der Waals surface area (Å²) in [5.41, 5.74) is 1.44. The van der Waals surface area contributed by atoms with E-state index in [1.165, 1.54) is 16.8 Å². The first-order valence-corrected chi connectivity index (χ1v) is 8.91. The third-order valence-corrected chi connectivity index (χ3v) is 4.02. The monoisotopic (exact) mass is 417 g/mol. The number of aromatic nitrogens is 2. The van der Waals surface area contributed by atoms with E-state index >= 15 is 0 Å². The van der Waals surface area contributed by atoms with Gasteiger partial charge in [0.15, 0.2) is 11.4 Å². The molecule has 7 heteroatoms. The molecule has 1 amide bonds. The first-order valence-electron chi connectivity index (χ1n) is 8.12. The lowest BCUT2D eigenvalue weighted by Crippen LogP contribution is -2.14. The molecule has 5 nitrogen and oxygen atoms in total. The topological polar surface area (TPSA) is 56.2 Å². The van der Waals surface area contributed by atoms with Gasteiger partial charge < -0.3 is 10.1 Å². The molecule has 3 rings (SSSR count). The van der Waals surface area contributed by atoms with E-state index in [4.69, 9.17) is 4.74 Å². The Morgan fingerprint density at radius 1 is 1.27 bits per heavy atom. The highest BCUT2D eigenvalue weighted by atomic mass is 79.9. The van der Waals surface area contributed by atoms with E-state index in [-0.39, 0.29) is 17.4 Å². The van der Waals surface area contributed by atoms with Gasteiger partial charge in [0.25, 0.3) is 5.91 Å². The molecule has 0 aliphatic rings. The second-order valence-electron chi connectivity index (χ2n) is 5.58. The number of rotatable bonds is 6. The Morgan fingerprint density at radius 2 is 2.04 bits per heavy atom. The fourth-order valence-corrected chi connectivity index (χ4v) is 2.71. The number of benzene rings is 2. The maximum atomic E-state index is 13.1. The summed E-state index contributed by atoms with van der Waals surface area (Å²) in [6.45, 7) is 2.44. The molecule has 0 saturated heterocycles. The Morgan fingerprint density at radius 3 is 2.73 bits per heavy atom. The number of carbonyl (C=O) groups is 1. The first kappa shape index (κ1) is 18.1. The van der Waals surface area contributed by atoms with Crippen LogP contribution in [0.25, 0.3) is 5.69 Å². The number of anilines is 1. The van der Waals surface area contributed by atoms with Gasteiger partial charge in [-0.1, -0.05) is 28.9 Å². The predicted octanol–water partition coefficient (Wildman–Crippen LogP) is 4.82. The van der Waals surface area contributed by atoms with Crippen molar-refractivity contribution in [3.05, 3.63) is 70.7 Å². The molecule has 0 saturated carbocycles. The van der Waals surface area contributed by atoms with Gasteiger partial charge in [-0.15, -0.1) is 0 Å². The molecule has 0 fully saturated rings. The van der Waals surface area contributed by atoms with E-state index in [1.807, 2.05) is 19.1 Å². The Labute approximate surface area is 158 Å². The second kappa shape index (κ2) is 8.14. The number of nitrogens with zero attached hydrogens (tertiary/aromatic N) is 2. The number of ether oxygens (including phenoxy) is 1. The molecule has 0 aliphatic heterocycles. The highest BCUT2D eigenvalue weighted by Crippen LogP contribution is 2.23. The molecule has 2 aromatic carbocycles. The summed E-state index contributed by atoms with van der Waals surface area (Å²) in [5.74, 6) is -0.338. The second-order valence-corrected chi connectivity index (χ2v) is 6.49. The number of halogens is 2. The van der Waals surface area contributed by atoms with Crippen molar-refractivity contribution in [1.82, 2.24) is 9.78 Å². The van der Waals surface area contributed by atoms with E-state index in [9.17, 15) is 9.18 Å². The number of hydrogen-bond donors (Lipinski definition) is 1. The fourth-order valence-electron chi connectivity index (χ4n) is 2.32. The van der Waals surface area contributed by atoms with Crippen LogP contribution in [0.3, 0.4) is 0 Å². The number of nitrogens with one attached hydrogen (secondary N) is 1. The average molecular weight is 418 g/mol. The molecule has 26 heavy (non-hydrogen) atoms. The van der Waals surface area contributed by atoms with Crippen LogP contribution in [0.15, 0.2) is 59.2 Å². The summed E-state index contributed by atoms with van der Waals surface area (Å²) >= 11 is 3.37. The van der Waals surface area contributed by atoms with E-state index < -0.39 is 0 Å². The molecule has 134 valence electrons. The normalized spacial score (nSPS) is 10.6. The third kappa shape index (κ3) is 4.29. The van der Waals surface area contributed by atoms with Crippen molar-refractivity contribution in [3.63, 3.8) is 0 Å². The predicted molar refractivity (Wildman–Crippen MR) is 101 cm³/mol. The molecule has 0 aliphatic carbocycles. The van der Waals surface area contributed by atoms with Gasteiger partial charge in [0, 0.05) is 10.2 Å². The summed E-state index contributed by atoms with van der Waals surface area (Å²) in [7, 11) is 0. The smallest absolute Gasteiger partial charge is 0.280 e. The van der Waals surface area contributed by atoms with Crippen LogP contribution in [0, 0.1) is 5.82 Å². The van der Waals surface area contributed by atoms with Crippen molar-refractivity contribution in [2.45, 2.75) is 13.3 Å². The summed E-state index contributed by atoms with van der Waals surface area (Å²) in [6.07, 6.45) is 2.42. The minimum absolute atomic E-state index is 0.169. The van der Waals surface area contributed by atoms with Crippen molar-refractivity contribution >= 4 is 27.5 Å². The van der Waals surface area contributed by atoms with E-state index in [2.05, 4.69) is 26.3 Å². The highest BCUT2D eigenvalue weighted by Gasteiger charge is 2.19. The molecule has 0 bridgehead atoms. The molecule has 1 heterocycles. The molecule has 0 radical (unpaired) electrons. The van der Waals surface area contributed by atoms with Crippen molar-refractivity contribution < 1.29 is 13.9 Å². The lowest BCUT2D eigenvalue weighted by atomic mass is 10.3. The molecular weight excluding hydrogens is 401 g/mol. The van der Waals surface area contributed by atoms with E-state index in [1.54, 1.807) is 30.5 Å². The molecule has 1 N–H and O–H groups in total. The standard InChI is InChI=1S/C19H17BrFN3O2/c1-2-10-26-17-12-24(16-8-6-14(21)7-9-16)23-18(17)19(25)22-15-5-3-4-13(20)11-15/h3-9,11-12H,2,10H2,1H3,(H,22,25). The van der Waals surface area contributed by atoms with Gasteiger partial charge in [-0.2, -0.15) is 5.10 Å². The summed E-state index contributed by atoms with van der Waals surface area (Å²) in [5, 5.41) is 7.13. The maximum Gasteiger partial charge on any atom is 0.280 e. The van der Waals surface area contributed by atoms with Crippen LogP contribution in [0.5, 0.6) is 5.75 Å². The molecular formula is C19H17BrFN3O2. The number of carbonyl (C=O) groups excluding carboxylic acids is 1. The lowest BCUT2D eigenvalue weighted by Gasteiger charge is -2.06. The minimum Gasteiger partial charge on any atom is -0.489 e. The lowest BCUT2D eigenvalue weighted by molar-refractivity contribution is 0.101. The molecule has 0 spiro atoms. The van der Waals surface area contributed by atoms with Gasteiger partial charge in [0.05, 0.1) is 18.5 Å². The van der Waals surface area contributed by atoms with Gasteiger partial charge in [0.2, 0.25) is 0 Å². The zero-order chi connectivity index (χ0) is 18.5. The van der Waals surface area contributed by atoms with Crippen molar-refractivity contribution in [1.29, 1.82) is 0 Å². The van der Waals surface area contributed by atoms with Crippen LogP contribution in [-0.4, -0.2) is 22.3 Å². The Hall–Kier alpha value is -2.67. The Balaban J connectivity index is 1.90.